The van der Waals surface area contributed by atoms with Crippen molar-refractivity contribution in [2.75, 3.05) is 39.4 Å². The monoisotopic (exact) mass is 394 g/mol. The van der Waals surface area contributed by atoms with Gasteiger partial charge in [-0.25, -0.2) is 0 Å². The Hall–Kier alpha value is -1.30. The molecule has 0 atom stereocenters. The van der Waals surface area contributed by atoms with Gasteiger partial charge < -0.3 is 20.7 Å². The summed E-state index contributed by atoms with van der Waals surface area (Å²) < 4.78 is 5.61. The lowest BCUT2D eigenvalue weighted by atomic mass is 9.83. The van der Waals surface area contributed by atoms with E-state index in [1.165, 1.54) is 44.9 Å². The van der Waals surface area contributed by atoms with Gasteiger partial charge in [0.2, 0.25) is 5.91 Å². The maximum absolute atomic E-state index is 12.2. The molecule has 0 heterocycles. The molecule has 2 aliphatic carbocycles. The number of rotatable bonds is 11. The molecule has 6 heteroatoms. The van der Waals surface area contributed by atoms with Crippen LogP contribution in [0.5, 0.6) is 0 Å². The normalized spacial score (nSPS) is 20.1. The Labute approximate surface area is 171 Å². The Balaban J connectivity index is 1.75. The van der Waals surface area contributed by atoms with Crippen LogP contribution in [0.15, 0.2) is 4.99 Å². The summed E-state index contributed by atoms with van der Waals surface area (Å²) >= 11 is 0. The summed E-state index contributed by atoms with van der Waals surface area (Å²) in [5.41, 5.74) is 0.298. The summed E-state index contributed by atoms with van der Waals surface area (Å²) in [6.45, 7) is 8.81. The molecule has 2 saturated carbocycles. The van der Waals surface area contributed by atoms with Gasteiger partial charge in [0.05, 0.1) is 0 Å². The number of hydrogen-bond donors (Lipinski definition) is 3. The predicted molar refractivity (Wildman–Crippen MR) is 116 cm³/mol. The van der Waals surface area contributed by atoms with E-state index >= 15 is 0 Å². The van der Waals surface area contributed by atoms with Gasteiger partial charge in [-0.15, -0.1) is 0 Å². The first-order valence-corrected chi connectivity index (χ1v) is 11.6. The van der Waals surface area contributed by atoms with Crippen LogP contribution in [-0.4, -0.2) is 51.3 Å². The standard InChI is InChI=1S/C22H42N4O2/c1-3-23-21(25-16-15-24-20(27)19-10-6-5-7-11-19)26-18-22(12-8-9-13-22)14-17-28-4-2/h19H,3-18H2,1-2H3,(H,24,27)(H2,23,25,26). The summed E-state index contributed by atoms with van der Waals surface area (Å²) in [6, 6.07) is 0. The SMILES string of the molecule is CCNC(=NCC1(CCOCC)CCCC1)NCCNC(=O)C1CCCCC1. The molecule has 0 aliphatic heterocycles. The van der Waals surface area contributed by atoms with Crippen LogP contribution >= 0.6 is 0 Å². The molecule has 0 radical (unpaired) electrons. The van der Waals surface area contributed by atoms with Crippen molar-refractivity contribution in [3.63, 3.8) is 0 Å². The molecule has 3 N–H and O–H groups in total. The van der Waals surface area contributed by atoms with Crippen LogP contribution in [0, 0.1) is 11.3 Å². The summed E-state index contributed by atoms with van der Waals surface area (Å²) in [5.74, 6) is 1.31. The zero-order chi connectivity index (χ0) is 20.1. The molecule has 0 aromatic heterocycles. The Morgan fingerprint density at radius 3 is 2.39 bits per heavy atom. The minimum Gasteiger partial charge on any atom is -0.382 e. The number of amides is 1. The smallest absolute Gasteiger partial charge is 0.223 e. The third-order valence-corrected chi connectivity index (χ3v) is 6.25. The van der Waals surface area contributed by atoms with Crippen molar-refractivity contribution in [3.8, 4) is 0 Å². The molecule has 1 amide bonds. The topological polar surface area (TPSA) is 74.8 Å². The van der Waals surface area contributed by atoms with E-state index in [9.17, 15) is 4.79 Å². The molecule has 2 rings (SSSR count). The molecule has 28 heavy (non-hydrogen) atoms. The largest absolute Gasteiger partial charge is 0.382 e. The molecular weight excluding hydrogens is 352 g/mol. The lowest BCUT2D eigenvalue weighted by Crippen LogP contribution is -2.43. The van der Waals surface area contributed by atoms with Crippen molar-refractivity contribution in [1.29, 1.82) is 0 Å². The van der Waals surface area contributed by atoms with Crippen molar-refractivity contribution in [2.24, 2.45) is 16.3 Å². The second kappa shape index (κ2) is 13.0. The number of ether oxygens (including phenoxy) is 1. The van der Waals surface area contributed by atoms with Crippen LogP contribution in [0.1, 0.15) is 78.1 Å². The van der Waals surface area contributed by atoms with Gasteiger partial charge in [-0.3, -0.25) is 9.79 Å². The van der Waals surface area contributed by atoms with E-state index in [1.54, 1.807) is 0 Å². The quantitative estimate of drug-likeness (QED) is 0.286. The second-order valence-corrected chi connectivity index (χ2v) is 8.40. The number of nitrogens with one attached hydrogen (secondary N) is 3. The Kier molecular flexibility index (Phi) is 10.7. The highest BCUT2D eigenvalue weighted by Crippen LogP contribution is 2.41. The van der Waals surface area contributed by atoms with Gasteiger partial charge in [0.1, 0.15) is 0 Å². The summed E-state index contributed by atoms with van der Waals surface area (Å²) in [6.07, 6.45) is 12.0. The second-order valence-electron chi connectivity index (χ2n) is 8.40. The lowest BCUT2D eigenvalue weighted by Gasteiger charge is -2.27. The van der Waals surface area contributed by atoms with E-state index in [0.717, 1.165) is 51.5 Å². The molecular formula is C22H42N4O2. The lowest BCUT2D eigenvalue weighted by molar-refractivity contribution is -0.125. The van der Waals surface area contributed by atoms with E-state index in [-0.39, 0.29) is 11.8 Å². The molecule has 0 saturated heterocycles. The fraction of sp³-hybridized carbons (Fsp3) is 0.909. The zero-order valence-corrected chi connectivity index (χ0v) is 18.2. The first kappa shape index (κ1) is 23.0. The number of guanidine groups is 1. The molecule has 0 unspecified atom stereocenters. The number of nitrogens with zero attached hydrogens (tertiary/aromatic N) is 1. The van der Waals surface area contributed by atoms with Crippen molar-refractivity contribution >= 4 is 11.9 Å². The van der Waals surface area contributed by atoms with E-state index in [0.29, 0.717) is 18.5 Å². The van der Waals surface area contributed by atoms with E-state index < -0.39 is 0 Å². The molecule has 2 fully saturated rings. The predicted octanol–water partition coefficient (Wildman–Crippen LogP) is 3.23. The van der Waals surface area contributed by atoms with Crippen LogP contribution in [0.4, 0.5) is 0 Å². The van der Waals surface area contributed by atoms with Gasteiger partial charge in [-0.05, 0) is 51.4 Å². The van der Waals surface area contributed by atoms with Gasteiger partial charge in [0.25, 0.3) is 0 Å². The van der Waals surface area contributed by atoms with E-state index in [1.807, 2.05) is 0 Å². The highest BCUT2D eigenvalue weighted by Gasteiger charge is 2.33. The van der Waals surface area contributed by atoms with Crippen LogP contribution in [-0.2, 0) is 9.53 Å². The molecule has 0 bridgehead atoms. The van der Waals surface area contributed by atoms with Gasteiger partial charge in [0.15, 0.2) is 5.96 Å². The van der Waals surface area contributed by atoms with E-state index in [2.05, 4.69) is 29.8 Å². The number of aliphatic imine (C=N–C) groups is 1. The fourth-order valence-corrected chi connectivity index (χ4v) is 4.51. The maximum atomic E-state index is 12.2. The average molecular weight is 395 g/mol. The number of hydrogen-bond acceptors (Lipinski definition) is 3. The van der Waals surface area contributed by atoms with Crippen molar-refractivity contribution in [2.45, 2.75) is 78.1 Å². The van der Waals surface area contributed by atoms with Gasteiger partial charge >= 0.3 is 0 Å². The molecule has 0 spiro atoms. The van der Waals surface area contributed by atoms with Gasteiger partial charge in [0, 0.05) is 45.3 Å². The van der Waals surface area contributed by atoms with Gasteiger partial charge in [-0.2, -0.15) is 0 Å². The summed E-state index contributed by atoms with van der Waals surface area (Å²) in [5, 5.41) is 9.81. The average Bonchev–Trinajstić information content (AvgIpc) is 3.19. The van der Waals surface area contributed by atoms with Crippen molar-refractivity contribution in [3.05, 3.63) is 0 Å². The highest BCUT2D eigenvalue weighted by atomic mass is 16.5. The van der Waals surface area contributed by atoms with Gasteiger partial charge in [-0.1, -0.05) is 32.1 Å². The molecule has 6 nitrogen and oxygen atoms in total. The highest BCUT2D eigenvalue weighted by molar-refractivity contribution is 5.80. The third kappa shape index (κ3) is 7.98. The Bertz CT molecular complexity index is 469. The maximum Gasteiger partial charge on any atom is 0.223 e. The van der Waals surface area contributed by atoms with Crippen LogP contribution < -0.4 is 16.0 Å². The number of carbonyl (C=O) groups excluding carboxylic acids is 1. The van der Waals surface area contributed by atoms with E-state index in [4.69, 9.17) is 9.73 Å². The van der Waals surface area contributed by atoms with Crippen LogP contribution in [0.25, 0.3) is 0 Å². The van der Waals surface area contributed by atoms with Crippen LogP contribution in [0.2, 0.25) is 0 Å². The van der Waals surface area contributed by atoms with Crippen LogP contribution in [0.3, 0.4) is 0 Å². The minimum atomic E-state index is 0.225. The fourth-order valence-electron chi connectivity index (χ4n) is 4.51. The Morgan fingerprint density at radius 2 is 1.71 bits per heavy atom. The Morgan fingerprint density at radius 1 is 1.00 bits per heavy atom. The molecule has 0 aromatic carbocycles. The zero-order valence-electron chi connectivity index (χ0n) is 18.2. The van der Waals surface area contributed by atoms with Crippen molar-refractivity contribution < 1.29 is 9.53 Å². The summed E-state index contributed by atoms with van der Waals surface area (Å²) in [7, 11) is 0. The first-order valence-electron chi connectivity index (χ1n) is 11.6. The molecule has 162 valence electrons. The first-order chi connectivity index (χ1) is 13.7. The number of carbonyl (C=O) groups is 1. The molecule has 0 aromatic rings. The third-order valence-electron chi connectivity index (χ3n) is 6.25. The van der Waals surface area contributed by atoms with Crippen molar-refractivity contribution in [1.82, 2.24) is 16.0 Å². The minimum absolute atomic E-state index is 0.225. The molecule has 2 aliphatic rings. The summed E-state index contributed by atoms with van der Waals surface area (Å²) in [4.78, 5) is 17.1.